The van der Waals surface area contributed by atoms with Crippen LogP contribution < -0.4 is 10.1 Å². The van der Waals surface area contributed by atoms with Crippen molar-refractivity contribution >= 4 is 5.69 Å². The van der Waals surface area contributed by atoms with Gasteiger partial charge in [0.05, 0.1) is 5.69 Å². The number of hydrogen-bond acceptors (Lipinski definition) is 2. The first kappa shape index (κ1) is 14.3. The lowest BCUT2D eigenvalue weighted by Crippen LogP contribution is -2.08. The molecule has 20 heavy (non-hydrogen) atoms. The van der Waals surface area contributed by atoms with Crippen molar-refractivity contribution in [1.82, 2.24) is 0 Å². The summed E-state index contributed by atoms with van der Waals surface area (Å²) in [6.45, 7) is -2.10. The maximum Gasteiger partial charge on any atom is 0.387 e. The highest BCUT2D eigenvalue weighted by Crippen LogP contribution is 2.25. The van der Waals surface area contributed by atoms with Crippen LogP contribution in [0.15, 0.2) is 54.6 Å². The molecule has 0 aromatic heterocycles. The van der Waals surface area contributed by atoms with Crippen molar-refractivity contribution < 1.29 is 13.5 Å². The fraction of sp³-hybridized carbons (Fsp3) is 0.250. The molecule has 0 bridgehead atoms. The van der Waals surface area contributed by atoms with Crippen LogP contribution in [0.1, 0.15) is 12.0 Å². The minimum Gasteiger partial charge on any atom is -0.433 e. The molecule has 0 aliphatic rings. The first-order valence-corrected chi connectivity index (χ1v) is 6.57. The van der Waals surface area contributed by atoms with E-state index >= 15 is 0 Å². The van der Waals surface area contributed by atoms with Gasteiger partial charge in [0.2, 0.25) is 0 Å². The summed E-state index contributed by atoms with van der Waals surface area (Å²) in [5.74, 6) is 0.183. The monoisotopic (exact) mass is 277 g/mol. The third kappa shape index (κ3) is 4.53. The van der Waals surface area contributed by atoms with Gasteiger partial charge < -0.3 is 10.1 Å². The van der Waals surface area contributed by atoms with Crippen LogP contribution in [0.25, 0.3) is 0 Å². The van der Waals surface area contributed by atoms with E-state index in [0.717, 1.165) is 12.8 Å². The number of rotatable bonds is 7. The van der Waals surface area contributed by atoms with Crippen molar-refractivity contribution in [1.29, 1.82) is 0 Å². The fourth-order valence-corrected chi connectivity index (χ4v) is 1.97. The van der Waals surface area contributed by atoms with E-state index in [1.165, 1.54) is 11.6 Å². The summed E-state index contributed by atoms with van der Waals surface area (Å²) >= 11 is 0. The predicted octanol–water partition coefficient (Wildman–Crippen LogP) is 4.33. The Morgan fingerprint density at radius 2 is 1.65 bits per heavy atom. The number of halogens is 2. The molecule has 0 amide bonds. The minimum atomic E-state index is -2.80. The zero-order valence-corrected chi connectivity index (χ0v) is 11.1. The van der Waals surface area contributed by atoms with Crippen molar-refractivity contribution in [3.05, 3.63) is 60.2 Å². The Morgan fingerprint density at radius 1 is 0.950 bits per heavy atom. The van der Waals surface area contributed by atoms with E-state index in [0.29, 0.717) is 12.2 Å². The lowest BCUT2D eigenvalue weighted by atomic mass is 10.1. The number of anilines is 1. The molecule has 2 rings (SSSR count). The van der Waals surface area contributed by atoms with Crippen LogP contribution in [0.4, 0.5) is 14.5 Å². The van der Waals surface area contributed by atoms with E-state index < -0.39 is 6.61 Å². The van der Waals surface area contributed by atoms with E-state index in [1.54, 1.807) is 18.2 Å². The molecule has 0 unspecified atom stereocenters. The van der Waals surface area contributed by atoms with Crippen molar-refractivity contribution in [2.24, 2.45) is 0 Å². The number of alkyl halides is 2. The number of ether oxygens (including phenoxy) is 1. The van der Waals surface area contributed by atoms with Gasteiger partial charge in [-0.2, -0.15) is 8.78 Å². The van der Waals surface area contributed by atoms with E-state index in [1.807, 2.05) is 18.2 Å². The Morgan fingerprint density at radius 3 is 2.40 bits per heavy atom. The number of aryl methyl sites for hydroxylation is 1. The molecule has 1 N–H and O–H groups in total. The highest BCUT2D eigenvalue weighted by molar-refractivity contribution is 5.56. The largest absolute Gasteiger partial charge is 0.433 e. The topological polar surface area (TPSA) is 21.3 Å². The molecule has 4 heteroatoms. The Labute approximate surface area is 117 Å². The van der Waals surface area contributed by atoms with Crippen molar-refractivity contribution in [3.8, 4) is 5.75 Å². The second-order valence-corrected chi connectivity index (χ2v) is 4.39. The smallest absolute Gasteiger partial charge is 0.387 e. The molecule has 0 fully saturated rings. The van der Waals surface area contributed by atoms with Gasteiger partial charge in [0.1, 0.15) is 5.75 Å². The first-order chi connectivity index (χ1) is 9.75. The molecule has 0 saturated carbocycles. The van der Waals surface area contributed by atoms with Crippen LogP contribution in [0.5, 0.6) is 5.75 Å². The molecule has 2 aromatic rings. The Bertz CT molecular complexity index is 517. The average Bonchev–Trinajstić information content (AvgIpc) is 2.46. The quantitative estimate of drug-likeness (QED) is 0.760. The second-order valence-electron chi connectivity index (χ2n) is 4.39. The minimum absolute atomic E-state index is 0.183. The normalized spacial score (nSPS) is 10.6. The van der Waals surface area contributed by atoms with Gasteiger partial charge in [-0.05, 0) is 30.5 Å². The molecule has 106 valence electrons. The van der Waals surface area contributed by atoms with E-state index in [-0.39, 0.29) is 5.75 Å². The van der Waals surface area contributed by atoms with Gasteiger partial charge >= 0.3 is 6.61 Å². The molecule has 2 aromatic carbocycles. The van der Waals surface area contributed by atoms with E-state index in [2.05, 4.69) is 22.2 Å². The zero-order chi connectivity index (χ0) is 14.2. The summed E-state index contributed by atoms with van der Waals surface area (Å²) in [5.41, 5.74) is 1.87. The Hall–Kier alpha value is -2.10. The maximum atomic E-state index is 12.3. The fourth-order valence-electron chi connectivity index (χ4n) is 1.97. The molecule has 0 atom stereocenters. The zero-order valence-electron chi connectivity index (χ0n) is 11.1. The standard InChI is InChI=1S/C16H17F2NO/c17-16(18)20-15-11-5-4-10-14(15)19-12-6-9-13-7-2-1-3-8-13/h1-5,7-8,10-11,16,19H,6,9,12H2. The predicted molar refractivity (Wildman–Crippen MR) is 76.3 cm³/mol. The number of hydrogen-bond donors (Lipinski definition) is 1. The lowest BCUT2D eigenvalue weighted by molar-refractivity contribution is -0.0493. The molecule has 0 heterocycles. The van der Waals surface area contributed by atoms with Gasteiger partial charge in [0, 0.05) is 6.54 Å². The lowest BCUT2D eigenvalue weighted by Gasteiger charge is -2.12. The number of para-hydroxylation sites is 2. The summed E-state index contributed by atoms with van der Waals surface area (Å²) in [4.78, 5) is 0. The van der Waals surface area contributed by atoms with Crippen LogP contribution >= 0.6 is 0 Å². The van der Waals surface area contributed by atoms with Crippen molar-refractivity contribution in [2.45, 2.75) is 19.5 Å². The van der Waals surface area contributed by atoms with Gasteiger partial charge in [-0.3, -0.25) is 0 Å². The van der Waals surface area contributed by atoms with Gasteiger partial charge in [-0.15, -0.1) is 0 Å². The maximum absolute atomic E-state index is 12.3. The summed E-state index contributed by atoms with van der Waals surface area (Å²) in [7, 11) is 0. The molecule has 0 spiro atoms. The molecule has 2 nitrogen and oxygen atoms in total. The van der Waals surface area contributed by atoms with E-state index in [4.69, 9.17) is 0 Å². The van der Waals surface area contributed by atoms with Crippen molar-refractivity contribution in [2.75, 3.05) is 11.9 Å². The Kier molecular flexibility index (Phi) is 5.35. The summed E-state index contributed by atoms with van der Waals surface area (Å²) in [5, 5.41) is 3.13. The van der Waals surface area contributed by atoms with E-state index in [9.17, 15) is 8.78 Å². The molecule has 0 aliphatic heterocycles. The third-order valence-electron chi connectivity index (χ3n) is 2.90. The second kappa shape index (κ2) is 7.48. The molecular formula is C16H17F2NO. The van der Waals surface area contributed by atoms with Crippen molar-refractivity contribution in [3.63, 3.8) is 0 Å². The first-order valence-electron chi connectivity index (χ1n) is 6.57. The Balaban J connectivity index is 1.82. The summed E-state index contributed by atoms with van der Waals surface area (Å²) in [6.07, 6.45) is 1.87. The van der Waals surface area contributed by atoms with Crippen LogP contribution in [-0.4, -0.2) is 13.2 Å². The van der Waals surface area contributed by atoms with Gasteiger partial charge in [0.15, 0.2) is 0 Å². The number of benzene rings is 2. The van der Waals surface area contributed by atoms with Gasteiger partial charge in [-0.1, -0.05) is 42.5 Å². The van der Waals surface area contributed by atoms with Gasteiger partial charge in [-0.25, -0.2) is 0 Å². The molecule has 0 saturated heterocycles. The summed E-state index contributed by atoms with van der Waals surface area (Å²) < 4.78 is 29.0. The van der Waals surface area contributed by atoms with Gasteiger partial charge in [0.25, 0.3) is 0 Å². The van der Waals surface area contributed by atoms with Crippen LogP contribution in [0.3, 0.4) is 0 Å². The summed E-state index contributed by atoms with van der Waals surface area (Å²) in [6, 6.07) is 16.9. The molecule has 0 radical (unpaired) electrons. The highest BCUT2D eigenvalue weighted by Gasteiger charge is 2.08. The van der Waals surface area contributed by atoms with Crippen LogP contribution in [-0.2, 0) is 6.42 Å². The average molecular weight is 277 g/mol. The number of nitrogens with one attached hydrogen (secondary N) is 1. The molecular weight excluding hydrogens is 260 g/mol. The highest BCUT2D eigenvalue weighted by atomic mass is 19.3. The SMILES string of the molecule is FC(F)Oc1ccccc1NCCCc1ccccc1. The molecule has 0 aliphatic carbocycles. The van der Waals surface area contributed by atoms with Crippen LogP contribution in [0.2, 0.25) is 0 Å². The van der Waals surface area contributed by atoms with Crippen LogP contribution in [0, 0.1) is 0 Å². The third-order valence-corrected chi connectivity index (χ3v) is 2.90.